The number of carbonyl (C=O) groups is 1. The molecule has 2 aromatic carbocycles. The zero-order chi connectivity index (χ0) is 18.5. The van der Waals surface area contributed by atoms with Crippen LogP contribution in [0.5, 0.6) is 0 Å². The number of benzene rings is 2. The molecule has 130 valence electrons. The molecule has 0 aliphatic rings. The molecular formula is C19H15N3O3S. The molecule has 0 saturated carbocycles. The highest BCUT2D eigenvalue weighted by Gasteiger charge is 2.07. The van der Waals surface area contributed by atoms with Crippen molar-refractivity contribution < 1.29 is 9.72 Å². The lowest BCUT2D eigenvalue weighted by Gasteiger charge is -1.98. The third-order valence-electron chi connectivity index (χ3n) is 3.59. The Morgan fingerprint density at radius 3 is 2.73 bits per heavy atom. The van der Waals surface area contributed by atoms with Crippen molar-refractivity contribution in [1.29, 1.82) is 0 Å². The van der Waals surface area contributed by atoms with Crippen molar-refractivity contribution in [3.63, 3.8) is 0 Å². The van der Waals surface area contributed by atoms with Gasteiger partial charge in [0.15, 0.2) is 5.13 Å². The average Bonchev–Trinajstić information content (AvgIpc) is 3.09. The van der Waals surface area contributed by atoms with Crippen molar-refractivity contribution in [2.24, 2.45) is 0 Å². The molecule has 0 fully saturated rings. The fraction of sp³-hybridized carbons (Fsp3) is 0.0526. The molecule has 0 aliphatic heterocycles. The summed E-state index contributed by atoms with van der Waals surface area (Å²) >= 11 is 1.34. The standard InChI is InChI=1S/C19H15N3O3S/c1-13-5-8-15(9-6-13)17-12-26-19(20-17)21-18(23)10-7-14-3-2-4-16(11-14)22(24)25/h2-12H,1H3,(H,20,21,23). The van der Waals surface area contributed by atoms with Gasteiger partial charge in [0.2, 0.25) is 5.91 Å². The van der Waals surface area contributed by atoms with Gasteiger partial charge in [-0.2, -0.15) is 0 Å². The predicted octanol–water partition coefficient (Wildman–Crippen LogP) is 4.68. The number of thiazole rings is 1. The number of nitrogens with zero attached hydrogens (tertiary/aromatic N) is 2. The Kier molecular flexibility index (Phi) is 5.19. The van der Waals surface area contributed by atoms with Crippen LogP contribution in [0, 0.1) is 17.0 Å². The molecule has 0 spiro atoms. The van der Waals surface area contributed by atoms with Gasteiger partial charge in [-0.05, 0) is 18.6 Å². The summed E-state index contributed by atoms with van der Waals surface area (Å²) in [4.78, 5) is 26.7. The van der Waals surface area contributed by atoms with Gasteiger partial charge >= 0.3 is 0 Å². The largest absolute Gasteiger partial charge is 0.298 e. The molecule has 1 aromatic heterocycles. The number of hydrogen-bond acceptors (Lipinski definition) is 5. The van der Waals surface area contributed by atoms with Gasteiger partial charge in [0, 0.05) is 29.2 Å². The Morgan fingerprint density at radius 1 is 1.23 bits per heavy atom. The van der Waals surface area contributed by atoms with Gasteiger partial charge in [-0.3, -0.25) is 20.2 Å². The van der Waals surface area contributed by atoms with Gasteiger partial charge in [-0.15, -0.1) is 11.3 Å². The van der Waals surface area contributed by atoms with Gasteiger partial charge in [-0.25, -0.2) is 4.98 Å². The Balaban J connectivity index is 1.66. The molecule has 0 saturated heterocycles. The third-order valence-corrected chi connectivity index (χ3v) is 4.35. The molecule has 1 heterocycles. The molecule has 6 nitrogen and oxygen atoms in total. The van der Waals surface area contributed by atoms with Crippen LogP contribution in [0.1, 0.15) is 11.1 Å². The summed E-state index contributed by atoms with van der Waals surface area (Å²) in [5, 5.41) is 15.8. The maximum absolute atomic E-state index is 12.0. The summed E-state index contributed by atoms with van der Waals surface area (Å²) < 4.78 is 0. The summed E-state index contributed by atoms with van der Waals surface area (Å²) in [7, 11) is 0. The lowest BCUT2D eigenvalue weighted by atomic mass is 10.1. The molecule has 3 rings (SSSR count). The van der Waals surface area contributed by atoms with E-state index in [-0.39, 0.29) is 11.6 Å². The van der Waals surface area contributed by atoms with Crippen molar-refractivity contribution in [2.45, 2.75) is 6.92 Å². The van der Waals surface area contributed by atoms with E-state index >= 15 is 0 Å². The Hall–Kier alpha value is -3.32. The summed E-state index contributed by atoms with van der Waals surface area (Å²) in [6.07, 6.45) is 2.85. The Morgan fingerprint density at radius 2 is 2.00 bits per heavy atom. The van der Waals surface area contributed by atoms with E-state index in [2.05, 4.69) is 10.3 Å². The molecule has 1 N–H and O–H groups in total. The number of aromatic nitrogens is 1. The average molecular weight is 365 g/mol. The van der Waals surface area contributed by atoms with E-state index < -0.39 is 4.92 Å². The SMILES string of the molecule is Cc1ccc(-c2csc(NC(=O)C=Cc3cccc([N+](=O)[O-])c3)n2)cc1. The van der Waals surface area contributed by atoms with Crippen LogP contribution in [-0.2, 0) is 4.79 Å². The van der Waals surface area contributed by atoms with Crippen LogP contribution in [0.15, 0.2) is 60.0 Å². The van der Waals surface area contributed by atoms with E-state index in [9.17, 15) is 14.9 Å². The normalized spacial score (nSPS) is 10.8. The fourth-order valence-electron chi connectivity index (χ4n) is 2.25. The molecule has 3 aromatic rings. The fourth-order valence-corrected chi connectivity index (χ4v) is 2.97. The minimum Gasteiger partial charge on any atom is -0.298 e. The first-order chi connectivity index (χ1) is 12.5. The summed E-state index contributed by atoms with van der Waals surface area (Å²) in [5.74, 6) is -0.346. The number of nitro groups is 1. The number of non-ortho nitro benzene ring substituents is 1. The van der Waals surface area contributed by atoms with E-state index in [0.29, 0.717) is 10.7 Å². The van der Waals surface area contributed by atoms with Gasteiger partial charge in [-0.1, -0.05) is 42.0 Å². The quantitative estimate of drug-likeness (QED) is 0.404. The third kappa shape index (κ3) is 4.40. The smallest absolute Gasteiger partial charge is 0.270 e. The van der Waals surface area contributed by atoms with Crippen molar-refractivity contribution in [1.82, 2.24) is 4.98 Å². The van der Waals surface area contributed by atoms with Crippen LogP contribution < -0.4 is 5.32 Å². The van der Waals surface area contributed by atoms with Crippen LogP contribution in [0.4, 0.5) is 10.8 Å². The zero-order valence-corrected chi connectivity index (χ0v) is 14.7. The number of hydrogen-bond donors (Lipinski definition) is 1. The van der Waals surface area contributed by atoms with Crippen LogP contribution in [0.25, 0.3) is 17.3 Å². The minimum atomic E-state index is -0.473. The maximum Gasteiger partial charge on any atom is 0.270 e. The second kappa shape index (κ2) is 7.71. The molecule has 26 heavy (non-hydrogen) atoms. The number of nitro benzene ring substituents is 1. The second-order valence-corrected chi connectivity index (χ2v) is 6.44. The van der Waals surface area contributed by atoms with E-state index in [1.54, 1.807) is 12.1 Å². The van der Waals surface area contributed by atoms with E-state index in [4.69, 9.17) is 0 Å². The monoisotopic (exact) mass is 365 g/mol. The Labute approximate surface area is 154 Å². The van der Waals surface area contributed by atoms with Crippen molar-refractivity contribution in [3.8, 4) is 11.3 Å². The molecule has 1 amide bonds. The molecular weight excluding hydrogens is 350 g/mol. The van der Waals surface area contributed by atoms with Crippen LogP contribution in [0.3, 0.4) is 0 Å². The molecule has 0 radical (unpaired) electrons. The predicted molar refractivity (Wildman–Crippen MR) is 103 cm³/mol. The van der Waals surface area contributed by atoms with Crippen LogP contribution in [0.2, 0.25) is 0 Å². The highest BCUT2D eigenvalue weighted by atomic mass is 32.1. The van der Waals surface area contributed by atoms with E-state index in [1.807, 2.05) is 36.6 Å². The summed E-state index contributed by atoms with van der Waals surface area (Å²) in [5.41, 5.74) is 3.51. The number of nitrogens with one attached hydrogen (secondary N) is 1. The topological polar surface area (TPSA) is 85.1 Å². The number of aryl methyl sites for hydroxylation is 1. The first-order valence-corrected chi connectivity index (χ1v) is 8.65. The second-order valence-electron chi connectivity index (χ2n) is 5.58. The lowest BCUT2D eigenvalue weighted by Crippen LogP contribution is -2.07. The zero-order valence-electron chi connectivity index (χ0n) is 13.9. The van der Waals surface area contributed by atoms with Crippen molar-refractivity contribution >= 4 is 34.1 Å². The van der Waals surface area contributed by atoms with Crippen LogP contribution >= 0.6 is 11.3 Å². The lowest BCUT2D eigenvalue weighted by molar-refractivity contribution is -0.384. The van der Waals surface area contributed by atoms with Crippen molar-refractivity contribution in [3.05, 3.63) is 81.2 Å². The highest BCUT2D eigenvalue weighted by Crippen LogP contribution is 2.25. The highest BCUT2D eigenvalue weighted by molar-refractivity contribution is 7.14. The van der Waals surface area contributed by atoms with Gasteiger partial charge in [0.1, 0.15) is 0 Å². The first kappa shape index (κ1) is 17.5. The summed E-state index contributed by atoms with van der Waals surface area (Å²) in [6, 6.07) is 14.1. The molecule has 0 unspecified atom stereocenters. The van der Waals surface area contributed by atoms with Gasteiger partial charge in [0.05, 0.1) is 10.6 Å². The minimum absolute atomic E-state index is 0.0183. The van der Waals surface area contributed by atoms with Crippen molar-refractivity contribution in [2.75, 3.05) is 5.32 Å². The number of carbonyl (C=O) groups excluding carboxylic acids is 1. The summed E-state index contributed by atoms with van der Waals surface area (Å²) in [6.45, 7) is 2.02. The van der Waals surface area contributed by atoms with Gasteiger partial charge in [0.25, 0.3) is 5.69 Å². The van der Waals surface area contributed by atoms with E-state index in [1.165, 1.54) is 41.2 Å². The van der Waals surface area contributed by atoms with E-state index in [0.717, 1.165) is 11.3 Å². The number of amides is 1. The number of rotatable bonds is 5. The molecule has 0 atom stereocenters. The number of anilines is 1. The Bertz CT molecular complexity index is 978. The molecule has 0 bridgehead atoms. The molecule has 0 aliphatic carbocycles. The van der Waals surface area contributed by atoms with Crippen LogP contribution in [-0.4, -0.2) is 15.8 Å². The maximum atomic E-state index is 12.0. The first-order valence-electron chi connectivity index (χ1n) is 7.77. The van der Waals surface area contributed by atoms with Gasteiger partial charge < -0.3 is 0 Å². The molecule has 7 heteroatoms.